The van der Waals surface area contributed by atoms with Crippen molar-refractivity contribution in [1.29, 1.82) is 0 Å². The van der Waals surface area contributed by atoms with Gasteiger partial charge in [0.1, 0.15) is 11.6 Å². The van der Waals surface area contributed by atoms with E-state index in [1.165, 1.54) is 6.07 Å². The minimum Gasteiger partial charge on any atom is -0.344 e. The van der Waals surface area contributed by atoms with Crippen molar-refractivity contribution in [3.8, 4) is 12.3 Å². The topological polar surface area (TPSA) is 29.1 Å². The van der Waals surface area contributed by atoms with Crippen molar-refractivity contribution >= 4 is 17.7 Å². The van der Waals surface area contributed by atoms with Gasteiger partial charge in [-0.15, -0.1) is 18.2 Å². The number of carbonyl (C=O) groups excluding carboxylic acids is 1. The number of amides is 1. The Morgan fingerprint density at radius 2 is 2.25 bits per heavy atom. The Balaban J connectivity index is 2.49. The van der Waals surface area contributed by atoms with Crippen molar-refractivity contribution in [1.82, 2.24) is 5.32 Å². The van der Waals surface area contributed by atoms with Crippen LogP contribution in [0.1, 0.15) is 0 Å². The van der Waals surface area contributed by atoms with Gasteiger partial charge in [0.25, 0.3) is 0 Å². The van der Waals surface area contributed by atoms with Crippen LogP contribution in [-0.4, -0.2) is 18.2 Å². The van der Waals surface area contributed by atoms with E-state index in [4.69, 9.17) is 6.42 Å². The van der Waals surface area contributed by atoms with Crippen molar-refractivity contribution in [3.63, 3.8) is 0 Å². The molecule has 0 unspecified atom stereocenters. The maximum Gasteiger partial charge on any atom is 0.231 e. The zero-order valence-electron chi connectivity index (χ0n) is 8.30. The van der Waals surface area contributed by atoms with Crippen LogP contribution in [0, 0.1) is 24.0 Å². The summed E-state index contributed by atoms with van der Waals surface area (Å²) in [5.41, 5.74) is 0. The Labute approximate surface area is 96.4 Å². The zero-order chi connectivity index (χ0) is 12.0. The van der Waals surface area contributed by atoms with Crippen LogP contribution >= 0.6 is 11.8 Å². The van der Waals surface area contributed by atoms with E-state index in [0.717, 1.165) is 23.9 Å². The van der Waals surface area contributed by atoms with Gasteiger partial charge in [-0.25, -0.2) is 8.78 Å². The smallest absolute Gasteiger partial charge is 0.231 e. The molecule has 0 radical (unpaired) electrons. The monoisotopic (exact) mass is 241 g/mol. The van der Waals surface area contributed by atoms with Gasteiger partial charge in [0.05, 0.1) is 12.3 Å². The summed E-state index contributed by atoms with van der Waals surface area (Å²) in [7, 11) is 0. The summed E-state index contributed by atoms with van der Waals surface area (Å²) in [4.78, 5) is 11.4. The highest BCUT2D eigenvalue weighted by Gasteiger charge is 2.07. The molecule has 0 heterocycles. The molecule has 0 saturated heterocycles. The van der Waals surface area contributed by atoms with Gasteiger partial charge in [0.2, 0.25) is 5.91 Å². The Morgan fingerprint density at radius 1 is 1.50 bits per heavy atom. The SMILES string of the molecule is C#CCNC(=O)CSc1ccc(F)cc1F. The first-order chi connectivity index (χ1) is 7.63. The number of benzene rings is 1. The zero-order valence-corrected chi connectivity index (χ0v) is 9.11. The van der Waals surface area contributed by atoms with Crippen LogP contribution in [0.3, 0.4) is 0 Å². The average molecular weight is 241 g/mol. The second kappa shape index (κ2) is 6.13. The van der Waals surface area contributed by atoms with Crippen LogP contribution in [0.4, 0.5) is 8.78 Å². The second-order valence-corrected chi connectivity index (χ2v) is 3.86. The van der Waals surface area contributed by atoms with Crippen molar-refractivity contribution in [2.75, 3.05) is 12.3 Å². The summed E-state index contributed by atoms with van der Waals surface area (Å²) in [5.74, 6) is 0.699. The van der Waals surface area contributed by atoms with Crippen LogP contribution in [0.2, 0.25) is 0 Å². The fraction of sp³-hybridized carbons (Fsp3) is 0.182. The molecule has 0 bridgehead atoms. The molecule has 0 spiro atoms. The van der Waals surface area contributed by atoms with Gasteiger partial charge >= 0.3 is 0 Å². The Hall–Kier alpha value is -1.54. The van der Waals surface area contributed by atoms with E-state index < -0.39 is 11.6 Å². The Kier molecular flexibility index (Phi) is 4.80. The summed E-state index contributed by atoms with van der Waals surface area (Å²) in [6.07, 6.45) is 4.95. The predicted molar refractivity (Wildman–Crippen MR) is 58.9 cm³/mol. The standard InChI is InChI=1S/C11H9F2NOS/c1-2-5-14-11(15)7-16-10-4-3-8(12)6-9(10)13/h1,3-4,6H,5,7H2,(H,14,15). The van der Waals surface area contributed by atoms with Gasteiger partial charge in [0.15, 0.2) is 0 Å². The summed E-state index contributed by atoms with van der Waals surface area (Å²) in [5, 5.41) is 2.44. The molecule has 1 rings (SSSR count). The minimum absolute atomic E-state index is 0.0459. The maximum absolute atomic E-state index is 13.1. The number of halogens is 2. The number of nitrogens with one attached hydrogen (secondary N) is 1. The minimum atomic E-state index is -0.672. The lowest BCUT2D eigenvalue weighted by atomic mass is 10.3. The van der Waals surface area contributed by atoms with Gasteiger partial charge < -0.3 is 5.32 Å². The molecule has 1 N–H and O–H groups in total. The van der Waals surface area contributed by atoms with Gasteiger partial charge in [-0.3, -0.25) is 4.79 Å². The van der Waals surface area contributed by atoms with Crippen molar-refractivity contribution in [2.24, 2.45) is 0 Å². The molecule has 1 amide bonds. The summed E-state index contributed by atoms with van der Waals surface area (Å²) >= 11 is 0.992. The molecule has 1 aromatic carbocycles. The third kappa shape index (κ3) is 3.91. The molecule has 0 aliphatic heterocycles. The number of rotatable bonds is 4. The molecule has 0 aromatic heterocycles. The molecule has 0 saturated carbocycles. The third-order valence-electron chi connectivity index (χ3n) is 1.64. The molecule has 84 valence electrons. The van der Waals surface area contributed by atoms with E-state index in [-0.39, 0.29) is 23.1 Å². The molecule has 0 atom stereocenters. The molecular formula is C11H9F2NOS. The fourth-order valence-corrected chi connectivity index (χ4v) is 1.69. The number of terminal acetylenes is 1. The largest absolute Gasteiger partial charge is 0.344 e. The summed E-state index contributed by atoms with van der Waals surface area (Å²) < 4.78 is 25.7. The normalized spacial score (nSPS) is 9.56. The van der Waals surface area contributed by atoms with Gasteiger partial charge in [-0.1, -0.05) is 5.92 Å². The van der Waals surface area contributed by atoms with E-state index in [9.17, 15) is 13.6 Å². The lowest BCUT2D eigenvalue weighted by Gasteiger charge is -2.03. The molecule has 2 nitrogen and oxygen atoms in total. The van der Waals surface area contributed by atoms with E-state index >= 15 is 0 Å². The Bertz CT molecular complexity index is 428. The average Bonchev–Trinajstić information content (AvgIpc) is 2.25. The molecule has 1 aromatic rings. The molecule has 5 heteroatoms. The van der Waals surface area contributed by atoms with Gasteiger partial charge in [-0.05, 0) is 12.1 Å². The van der Waals surface area contributed by atoms with E-state index in [2.05, 4.69) is 11.2 Å². The van der Waals surface area contributed by atoms with Gasteiger partial charge in [-0.2, -0.15) is 0 Å². The highest BCUT2D eigenvalue weighted by molar-refractivity contribution is 8.00. The molecule has 0 fully saturated rings. The predicted octanol–water partition coefficient (Wildman–Crippen LogP) is 1.81. The van der Waals surface area contributed by atoms with Crippen LogP contribution in [0.25, 0.3) is 0 Å². The fourth-order valence-electron chi connectivity index (χ4n) is 0.936. The molecular weight excluding hydrogens is 232 g/mol. The first-order valence-electron chi connectivity index (χ1n) is 4.41. The van der Waals surface area contributed by atoms with Gasteiger partial charge in [0, 0.05) is 11.0 Å². The highest BCUT2D eigenvalue weighted by atomic mass is 32.2. The first kappa shape index (κ1) is 12.5. The van der Waals surface area contributed by atoms with E-state index in [1.54, 1.807) is 0 Å². The highest BCUT2D eigenvalue weighted by Crippen LogP contribution is 2.21. The first-order valence-corrected chi connectivity index (χ1v) is 5.40. The lowest BCUT2D eigenvalue weighted by Crippen LogP contribution is -2.25. The number of hydrogen-bond acceptors (Lipinski definition) is 2. The van der Waals surface area contributed by atoms with Crippen LogP contribution in [-0.2, 0) is 4.79 Å². The molecule has 16 heavy (non-hydrogen) atoms. The molecule has 0 aliphatic rings. The van der Waals surface area contributed by atoms with E-state index in [1.807, 2.05) is 0 Å². The Morgan fingerprint density at radius 3 is 2.88 bits per heavy atom. The second-order valence-electron chi connectivity index (χ2n) is 2.84. The van der Waals surface area contributed by atoms with Crippen LogP contribution in [0.15, 0.2) is 23.1 Å². The summed E-state index contributed by atoms with van der Waals surface area (Å²) in [6, 6.07) is 3.22. The number of thioether (sulfide) groups is 1. The lowest BCUT2D eigenvalue weighted by molar-refractivity contribution is -0.118. The number of carbonyl (C=O) groups is 1. The van der Waals surface area contributed by atoms with Crippen LogP contribution < -0.4 is 5.32 Å². The van der Waals surface area contributed by atoms with E-state index in [0.29, 0.717) is 0 Å². The van der Waals surface area contributed by atoms with Crippen molar-refractivity contribution in [3.05, 3.63) is 29.8 Å². The quantitative estimate of drug-likeness (QED) is 0.643. The van der Waals surface area contributed by atoms with Crippen LogP contribution in [0.5, 0.6) is 0 Å². The third-order valence-corrected chi connectivity index (χ3v) is 2.69. The van der Waals surface area contributed by atoms with Crippen molar-refractivity contribution < 1.29 is 13.6 Å². The molecule has 0 aliphatic carbocycles. The number of hydrogen-bond donors (Lipinski definition) is 1. The summed E-state index contributed by atoms with van der Waals surface area (Å²) in [6.45, 7) is 0.144. The van der Waals surface area contributed by atoms with Crippen molar-refractivity contribution in [2.45, 2.75) is 4.90 Å². The maximum atomic E-state index is 13.1.